The quantitative estimate of drug-likeness (QED) is 0.667. The highest BCUT2D eigenvalue weighted by molar-refractivity contribution is 5.81. The molecule has 0 heterocycles. The minimum atomic E-state index is -0.488. The second kappa shape index (κ2) is 9.71. The average molecular weight is 373 g/mol. The molecule has 0 N–H and O–H groups in total. The molecule has 27 heavy (non-hydrogen) atoms. The Bertz CT molecular complexity index is 793. The summed E-state index contributed by atoms with van der Waals surface area (Å²) in [5, 5.41) is 0. The van der Waals surface area contributed by atoms with Gasteiger partial charge in [0.15, 0.2) is 6.61 Å². The number of rotatable bonds is 8. The minimum absolute atomic E-state index is 0.313. The Morgan fingerprint density at radius 1 is 1.15 bits per heavy atom. The second-order valence-corrected chi connectivity index (χ2v) is 6.40. The van der Waals surface area contributed by atoms with Crippen LogP contribution in [0.5, 0.6) is 5.75 Å². The lowest BCUT2D eigenvalue weighted by Crippen LogP contribution is -2.32. The Morgan fingerprint density at radius 2 is 1.89 bits per heavy atom. The first-order chi connectivity index (χ1) is 12.9. The Morgan fingerprint density at radius 3 is 2.59 bits per heavy atom. The summed E-state index contributed by atoms with van der Waals surface area (Å²) in [5.41, 5.74) is 1.57. The SMILES string of the molecule is COc1ccccc1CN(C)C(=O)COC(=O)C(C)Cc1cccc(F)c1. The summed E-state index contributed by atoms with van der Waals surface area (Å²) in [5.74, 6) is -0.927. The first kappa shape index (κ1) is 20.4. The predicted molar refractivity (Wildman–Crippen MR) is 99.7 cm³/mol. The van der Waals surface area contributed by atoms with Crippen molar-refractivity contribution in [1.29, 1.82) is 0 Å². The van der Waals surface area contributed by atoms with E-state index >= 15 is 0 Å². The van der Waals surface area contributed by atoms with Crippen molar-refractivity contribution in [2.45, 2.75) is 19.9 Å². The minimum Gasteiger partial charge on any atom is -0.496 e. The molecule has 2 rings (SSSR count). The zero-order chi connectivity index (χ0) is 19.8. The zero-order valence-electron chi connectivity index (χ0n) is 15.8. The molecular weight excluding hydrogens is 349 g/mol. The molecule has 144 valence electrons. The van der Waals surface area contributed by atoms with Gasteiger partial charge < -0.3 is 14.4 Å². The van der Waals surface area contributed by atoms with E-state index in [9.17, 15) is 14.0 Å². The van der Waals surface area contributed by atoms with Gasteiger partial charge in [0.1, 0.15) is 11.6 Å². The van der Waals surface area contributed by atoms with Crippen molar-refractivity contribution in [3.8, 4) is 5.75 Å². The van der Waals surface area contributed by atoms with Crippen molar-refractivity contribution < 1.29 is 23.5 Å². The lowest BCUT2D eigenvalue weighted by Gasteiger charge is -2.19. The number of esters is 1. The van der Waals surface area contributed by atoms with Crippen LogP contribution in [0.4, 0.5) is 4.39 Å². The van der Waals surface area contributed by atoms with E-state index in [1.165, 1.54) is 17.0 Å². The van der Waals surface area contributed by atoms with Gasteiger partial charge in [-0.1, -0.05) is 37.3 Å². The molecule has 5 nitrogen and oxygen atoms in total. The maximum Gasteiger partial charge on any atom is 0.309 e. The molecule has 0 bridgehead atoms. The van der Waals surface area contributed by atoms with Gasteiger partial charge in [-0.3, -0.25) is 9.59 Å². The van der Waals surface area contributed by atoms with E-state index in [4.69, 9.17) is 9.47 Å². The Labute approximate surface area is 158 Å². The second-order valence-electron chi connectivity index (χ2n) is 6.40. The molecular formula is C21H24FNO4. The topological polar surface area (TPSA) is 55.8 Å². The number of likely N-dealkylation sites (N-methyl/N-ethyl adjacent to an activating group) is 1. The van der Waals surface area contributed by atoms with E-state index in [1.54, 1.807) is 33.2 Å². The summed E-state index contributed by atoms with van der Waals surface area (Å²) in [6.07, 6.45) is 0.349. The van der Waals surface area contributed by atoms with Gasteiger partial charge >= 0.3 is 5.97 Å². The van der Waals surface area contributed by atoms with Gasteiger partial charge in [-0.05, 0) is 30.2 Å². The van der Waals surface area contributed by atoms with Gasteiger partial charge in [-0.15, -0.1) is 0 Å². The highest BCUT2D eigenvalue weighted by atomic mass is 19.1. The smallest absolute Gasteiger partial charge is 0.309 e. The van der Waals surface area contributed by atoms with E-state index in [2.05, 4.69) is 0 Å². The van der Waals surface area contributed by atoms with Crippen LogP contribution >= 0.6 is 0 Å². The number of carbonyl (C=O) groups excluding carboxylic acids is 2. The van der Waals surface area contributed by atoms with Crippen LogP contribution in [-0.4, -0.2) is 37.5 Å². The van der Waals surface area contributed by atoms with E-state index in [0.29, 0.717) is 24.3 Å². The molecule has 1 atom stereocenters. The van der Waals surface area contributed by atoms with Crippen molar-refractivity contribution in [2.75, 3.05) is 20.8 Å². The number of hydrogen-bond donors (Lipinski definition) is 0. The molecule has 0 aliphatic rings. The standard InChI is InChI=1S/C21H24FNO4/c1-15(11-16-7-6-9-18(22)12-16)21(25)27-14-20(24)23(2)13-17-8-4-5-10-19(17)26-3/h4-10,12,15H,11,13-14H2,1-3H3. The Hall–Kier alpha value is -2.89. The number of nitrogens with zero attached hydrogens (tertiary/aromatic N) is 1. The van der Waals surface area contributed by atoms with E-state index in [1.807, 2.05) is 24.3 Å². The third-order valence-electron chi connectivity index (χ3n) is 4.20. The molecule has 0 fully saturated rings. The van der Waals surface area contributed by atoms with E-state index in [-0.39, 0.29) is 18.3 Å². The molecule has 0 aromatic heterocycles. The van der Waals surface area contributed by atoms with E-state index < -0.39 is 11.9 Å². The monoisotopic (exact) mass is 373 g/mol. The maximum absolute atomic E-state index is 13.2. The average Bonchev–Trinajstić information content (AvgIpc) is 2.66. The van der Waals surface area contributed by atoms with Crippen molar-refractivity contribution >= 4 is 11.9 Å². The van der Waals surface area contributed by atoms with Crippen LogP contribution in [0.3, 0.4) is 0 Å². The number of benzene rings is 2. The summed E-state index contributed by atoms with van der Waals surface area (Å²) < 4.78 is 23.6. The Kier molecular flexibility index (Phi) is 7.34. The third kappa shape index (κ3) is 6.09. The summed E-state index contributed by atoms with van der Waals surface area (Å²) in [6, 6.07) is 13.5. The van der Waals surface area contributed by atoms with Crippen LogP contribution < -0.4 is 4.74 Å². The summed E-state index contributed by atoms with van der Waals surface area (Å²) in [7, 11) is 3.21. The van der Waals surface area contributed by atoms with Crippen LogP contribution in [-0.2, 0) is 27.3 Å². The fourth-order valence-electron chi connectivity index (χ4n) is 2.66. The van der Waals surface area contributed by atoms with E-state index in [0.717, 1.165) is 5.56 Å². The molecule has 0 spiro atoms. The molecule has 0 radical (unpaired) electrons. The molecule has 0 aliphatic heterocycles. The lowest BCUT2D eigenvalue weighted by atomic mass is 10.0. The molecule has 2 aromatic carbocycles. The molecule has 1 amide bonds. The fourth-order valence-corrected chi connectivity index (χ4v) is 2.66. The van der Waals surface area contributed by atoms with Gasteiger partial charge in [-0.25, -0.2) is 4.39 Å². The van der Waals surface area contributed by atoms with Gasteiger partial charge in [0.25, 0.3) is 5.91 Å². The summed E-state index contributed by atoms with van der Waals surface area (Å²) in [6.45, 7) is 1.70. The van der Waals surface area contributed by atoms with Gasteiger partial charge in [0, 0.05) is 19.2 Å². The zero-order valence-corrected chi connectivity index (χ0v) is 15.8. The first-order valence-electron chi connectivity index (χ1n) is 8.67. The summed E-state index contributed by atoms with van der Waals surface area (Å²) >= 11 is 0. The number of para-hydroxylation sites is 1. The summed E-state index contributed by atoms with van der Waals surface area (Å²) in [4.78, 5) is 25.8. The van der Waals surface area contributed by atoms with Crippen molar-refractivity contribution in [2.24, 2.45) is 5.92 Å². The molecule has 0 saturated carbocycles. The Balaban J connectivity index is 1.83. The number of carbonyl (C=O) groups is 2. The first-order valence-corrected chi connectivity index (χ1v) is 8.67. The number of methoxy groups -OCH3 is 1. The van der Waals surface area contributed by atoms with Crippen molar-refractivity contribution in [3.05, 3.63) is 65.5 Å². The maximum atomic E-state index is 13.2. The van der Waals surface area contributed by atoms with Crippen molar-refractivity contribution in [3.63, 3.8) is 0 Å². The van der Waals surface area contributed by atoms with Crippen LogP contribution in [0.25, 0.3) is 0 Å². The number of hydrogen-bond acceptors (Lipinski definition) is 4. The largest absolute Gasteiger partial charge is 0.496 e. The molecule has 2 aromatic rings. The van der Waals surface area contributed by atoms with Gasteiger partial charge in [0.05, 0.1) is 13.0 Å². The molecule has 0 saturated heterocycles. The van der Waals surface area contributed by atoms with Crippen LogP contribution in [0.2, 0.25) is 0 Å². The molecule has 0 aliphatic carbocycles. The highest BCUT2D eigenvalue weighted by Gasteiger charge is 2.19. The fraction of sp³-hybridized carbons (Fsp3) is 0.333. The van der Waals surface area contributed by atoms with Crippen LogP contribution in [0.15, 0.2) is 48.5 Å². The molecule has 1 unspecified atom stereocenters. The third-order valence-corrected chi connectivity index (χ3v) is 4.20. The molecule has 6 heteroatoms. The number of amides is 1. The lowest BCUT2D eigenvalue weighted by molar-refractivity contribution is -0.154. The van der Waals surface area contributed by atoms with Gasteiger partial charge in [-0.2, -0.15) is 0 Å². The number of ether oxygens (including phenoxy) is 2. The highest BCUT2D eigenvalue weighted by Crippen LogP contribution is 2.19. The van der Waals surface area contributed by atoms with Crippen LogP contribution in [0.1, 0.15) is 18.1 Å². The van der Waals surface area contributed by atoms with Crippen LogP contribution in [0, 0.1) is 11.7 Å². The predicted octanol–water partition coefficient (Wildman–Crippen LogP) is 3.21. The number of halogens is 1. The normalized spacial score (nSPS) is 11.6. The van der Waals surface area contributed by atoms with Gasteiger partial charge in [0.2, 0.25) is 0 Å². The van der Waals surface area contributed by atoms with Crippen molar-refractivity contribution in [1.82, 2.24) is 4.90 Å².